The van der Waals surface area contributed by atoms with E-state index in [1.807, 2.05) is 0 Å². The second-order valence-electron chi connectivity index (χ2n) is 4.59. The van der Waals surface area contributed by atoms with Crippen LogP contribution in [0.5, 0.6) is 0 Å². The van der Waals surface area contributed by atoms with Gasteiger partial charge in [0.1, 0.15) is 0 Å². The number of non-ortho nitro benzene ring substituents is 2. The molecule has 116 valence electrons. The Morgan fingerprint density at radius 1 is 0.913 bits per heavy atom. The second kappa shape index (κ2) is 7.08. The van der Waals surface area contributed by atoms with Crippen LogP contribution in [0.25, 0.3) is 0 Å². The Hall–Kier alpha value is -3.35. The van der Waals surface area contributed by atoms with E-state index in [1.54, 1.807) is 30.3 Å². The molecule has 0 bridgehead atoms. The van der Waals surface area contributed by atoms with E-state index in [0.29, 0.717) is 23.4 Å². The third-order valence-electron chi connectivity index (χ3n) is 3.08. The summed E-state index contributed by atoms with van der Waals surface area (Å²) in [6.07, 6.45) is 1.62. The first-order valence-electron chi connectivity index (χ1n) is 6.68. The minimum atomic E-state index is -0.476. The quantitative estimate of drug-likeness (QED) is 0.352. The highest BCUT2D eigenvalue weighted by molar-refractivity contribution is 6.13. The van der Waals surface area contributed by atoms with Crippen LogP contribution in [-0.2, 0) is 0 Å². The Morgan fingerprint density at radius 2 is 1.30 bits per heavy atom. The van der Waals surface area contributed by atoms with E-state index in [-0.39, 0.29) is 11.4 Å². The number of hydrogen-bond acceptors (Lipinski definition) is 5. The van der Waals surface area contributed by atoms with Crippen molar-refractivity contribution in [3.05, 3.63) is 92.5 Å². The number of nitro benzene ring substituents is 2. The Balaban J connectivity index is 2.42. The minimum Gasteiger partial charge on any atom is -0.280 e. The standard InChI is InChI=1S/C16H13N3O4/c1-2-11-17-16(12-3-7-14(8-4-12)18(20)21)13-5-9-15(10-6-13)19(22)23/h2-10H,1,11H2. The van der Waals surface area contributed by atoms with E-state index < -0.39 is 9.85 Å². The number of aliphatic imine (C=N–C) groups is 1. The fourth-order valence-corrected chi connectivity index (χ4v) is 1.99. The van der Waals surface area contributed by atoms with Crippen molar-refractivity contribution in [1.82, 2.24) is 0 Å². The lowest BCUT2D eigenvalue weighted by Crippen LogP contribution is -2.05. The maximum Gasteiger partial charge on any atom is 0.269 e. The predicted molar refractivity (Wildman–Crippen MR) is 86.9 cm³/mol. The summed E-state index contributed by atoms with van der Waals surface area (Å²) in [5, 5.41) is 21.4. The summed E-state index contributed by atoms with van der Waals surface area (Å²) < 4.78 is 0. The molecule has 0 aromatic heterocycles. The number of hydrogen-bond donors (Lipinski definition) is 0. The normalized spacial score (nSPS) is 9.91. The van der Waals surface area contributed by atoms with Crippen LogP contribution in [0.2, 0.25) is 0 Å². The number of nitrogens with zero attached hydrogens (tertiary/aromatic N) is 3. The van der Waals surface area contributed by atoms with Crippen LogP contribution in [0.3, 0.4) is 0 Å². The van der Waals surface area contributed by atoms with Crippen LogP contribution in [-0.4, -0.2) is 22.1 Å². The average molecular weight is 311 g/mol. The number of rotatable bonds is 6. The van der Waals surface area contributed by atoms with Gasteiger partial charge >= 0.3 is 0 Å². The summed E-state index contributed by atoms with van der Waals surface area (Å²) in [6.45, 7) is 3.97. The first kappa shape index (κ1) is 16.0. The van der Waals surface area contributed by atoms with Gasteiger partial charge in [-0.25, -0.2) is 0 Å². The van der Waals surface area contributed by atoms with Crippen LogP contribution in [0.4, 0.5) is 11.4 Å². The van der Waals surface area contributed by atoms with Gasteiger partial charge in [0.15, 0.2) is 0 Å². The molecule has 0 amide bonds. The molecule has 0 unspecified atom stereocenters. The fraction of sp³-hybridized carbons (Fsp3) is 0.0625. The molecule has 2 rings (SSSR count). The molecule has 0 N–H and O–H groups in total. The average Bonchev–Trinajstić information content (AvgIpc) is 2.56. The van der Waals surface area contributed by atoms with Gasteiger partial charge < -0.3 is 0 Å². The van der Waals surface area contributed by atoms with Gasteiger partial charge in [0.25, 0.3) is 11.4 Å². The summed E-state index contributed by atoms with van der Waals surface area (Å²) in [6, 6.07) is 12.0. The van der Waals surface area contributed by atoms with Crippen molar-refractivity contribution in [2.75, 3.05) is 6.54 Å². The maximum atomic E-state index is 10.7. The van der Waals surface area contributed by atoms with Gasteiger partial charge in [-0.15, -0.1) is 6.58 Å². The zero-order valence-electron chi connectivity index (χ0n) is 12.1. The van der Waals surface area contributed by atoms with Crippen LogP contribution in [0, 0.1) is 20.2 Å². The monoisotopic (exact) mass is 311 g/mol. The van der Waals surface area contributed by atoms with Gasteiger partial charge in [0.05, 0.1) is 22.1 Å². The molecule has 2 aromatic carbocycles. The molecule has 0 radical (unpaired) electrons. The molecule has 0 aliphatic carbocycles. The van der Waals surface area contributed by atoms with E-state index in [2.05, 4.69) is 11.6 Å². The molecule has 0 heterocycles. The smallest absolute Gasteiger partial charge is 0.269 e. The second-order valence-corrected chi connectivity index (χ2v) is 4.59. The molecule has 7 nitrogen and oxygen atoms in total. The van der Waals surface area contributed by atoms with Crippen molar-refractivity contribution in [3.8, 4) is 0 Å². The van der Waals surface area contributed by atoms with Crippen molar-refractivity contribution in [1.29, 1.82) is 0 Å². The molecule has 0 spiro atoms. The van der Waals surface area contributed by atoms with Crippen LogP contribution >= 0.6 is 0 Å². The molecule has 0 saturated heterocycles. The van der Waals surface area contributed by atoms with Crippen molar-refractivity contribution in [2.24, 2.45) is 4.99 Å². The lowest BCUT2D eigenvalue weighted by Gasteiger charge is -2.07. The highest BCUT2D eigenvalue weighted by Crippen LogP contribution is 2.18. The lowest BCUT2D eigenvalue weighted by atomic mass is 10.0. The van der Waals surface area contributed by atoms with E-state index in [0.717, 1.165) is 0 Å². The van der Waals surface area contributed by atoms with Gasteiger partial charge in [-0.3, -0.25) is 25.2 Å². The molecule has 0 aliphatic rings. The molecule has 23 heavy (non-hydrogen) atoms. The zero-order chi connectivity index (χ0) is 16.8. The first-order valence-corrected chi connectivity index (χ1v) is 6.68. The molecule has 2 aromatic rings. The number of benzene rings is 2. The fourth-order valence-electron chi connectivity index (χ4n) is 1.99. The Labute approximate surface area is 131 Å². The van der Waals surface area contributed by atoms with Gasteiger partial charge in [0, 0.05) is 35.4 Å². The van der Waals surface area contributed by atoms with Crippen molar-refractivity contribution in [3.63, 3.8) is 0 Å². The van der Waals surface area contributed by atoms with Crippen LogP contribution in [0.1, 0.15) is 11.1 Å². The van der Waals surface area contributed by atoms with E-state index >= 15 is 0 Å². The third-order valence-corrected chi connectivity index (χ3v) is 3.08. The van der Waals surface area contributed by atoms with Crippen molar-refractivity contribution < 1.29 is 9.85 Å². The topological polar surface area (TPSA) is 98.6 Å². The van der Waals surface area contributed by atoms with Crippen LogP contribution < -0.4 is 0 Å². The summed E-state index contributed by atoms with van der Waals surface area (Å²) >= 11 is 0. The van der Waals surface area contributed by atoms with Crippen molar-refractivity contribution in [2.45, 2.75) is 0 Å². The maximum absolute atomic E-state index is 10.7. The van der Waals surface area contributed by atoms with Crippen molar-refractivity contribution >= 4 is 17.1 Å². The van der Waals surface area contributed by atoms with E-state index in [1.165, 1.54) is 24.3 Å². The van der Waals surface area contributed by atoms with E-state index in [9.17, 15) is 20.2 Å². The summed E-state index contributed by atoms with van der Waals surface area (Å²) in [5.41, 5.74) is 1.94. The molecular formula is C16H13N3O4. The Morgan fingerprint density at radius 3 is 1.61 bits per heavy atom. The largest absolute Gasteiger partial charge is 0.280 e. The Kier molecular flexibility index (Phi) is 4.93. The van der Waals surface area contributed by atoms with Gasteiger partial charge in [0.2, 0.25) is 0 Å². The third kappa shape index (κ3) is 3.85. The first-order chi connectivity index (χ1) is 11.0. The molecule has 7 heteroatoms. The van der Waals surface area contributed by atoms with Gasteiger partial charge in [-0.05, 0) is 24.3 Å². The number of nitro groups is 2. The highest BCUT2D eigenvalue weighted by Gasteiger charge is 2.12. The molecule has 0 fully saturated rings. The van der Waals surface area contributed by atoms with Crippen LogP contribution in [0.15, 0.2) is 66.2 Å². The zero-order valence-corrected chi connectivity index (χ0v) is 12.1. The SMILES string of the molecule is C=CCN=C(c1ccc([N+](=O)[O-])cc1)c1ccc([N+](=O)[O-])cc1. The molecular weight excluding hydrogens is 298 g/mol. The summed E-state index contributed by atoms with van der Waals surface area (Å²) in [7, 11) is 0. The molecule has 0 aliphatic heterocycles. The van der Waals surface area contributed by atoms with Gasteiger partial charge in [-0.1, -0.05) is 6.08 Å². The molecule has 0 saturated carbocycles. The Bertz CT molecular complexity index is 705. The predicted octanol–water partition coefficient (Wildman–Crippen LogP) is 3.53. The van der Waals surface area contributed by atoms with Gasteiger partial charge in [-0.2, -0.15) is 0 Å². The molecule has 0 atom stereocenters. The highest BCUT2D eigenvalue weighted by atomic mass is 16.6. The lowest BCUT2D eigenvalue weighted by molar-refractivity contribution is -0.385. The summed E-state index contributed by atoms with van der Waals surface area (Å²) in [4.78, 5) is 24.9. The summed E-state index contributed by atoms with van der Waals surface area (Å²) in [5.74, 6) is 0. The van der Waals surface area contributed by atoms with E-state index in [4.69, 9.17) is 0 Å². The minimum absolute atomic E-state index is 0.0134.